The third kappa shape index (κ3) is 4.26. The Hall–Kier alpha value is -2.01. The van der Waals surface area contributed by atoms with Crippen molar-refractivity contribution in [2.45, 2.75) is 38.0 Å². The van der Waals surface area contributed by atoms with Crippen LogP contribution in [0, 0.1) is 0 Å². The first-order valence-electron chi connectivity index (χ1n) is 7.82. The van der Waals surface area contributed by atoms with Crippen LogP contribution >= 0.6 is 0 Å². The normalized spacial score (nSPS) is 12.7. The fourth-order valence-electron chi connectivity index (χ4n) is 2.32. The average Bonchev–Trinajstić information content (AvgIpc) is 2.55. The highest BCUT2D eigenvalue weighted by molar-refractivity contribution is 7.92. The minimum atomic E-state index is -3.61. The molecule has 0 aliphatic rings. The zero-order valence-electron chi connectivity index (χ0n) is 13.7. The first kappa shape index (κ1) is 17.3. The zero-order chi connectivity index (χ0) is 16.9. The Balaban J connectivity index is 2.28. The molecule has 2 rings (SSSR count). The number of para-hydroxylation sites is 1. The molecule has 5 heteroatoms. The highest BCUT2D eigenvalue weighted by atomic mass is 32.2. The second kappa shape index (κ2) is 7.51. The van der Waals surface area contributed by atoms with Crippen LogP contribution in [0.15, 0.2) is 53.4 Å². The lowest BCUT2D eigenvalue weighted by atomic mass is 9.97. The molecule has 0 unspecified atom stereocenters. The molecular formula is C18H23NO3S. The van der Waals surface area contributed by atoms with Gasteiger partial charge in [0, 0.05) is 0 Å². The molecule has 124 valence electrons. The molecule has 23 heavy (non-hydrogen) atoms. The van der Waals surface area contributed by atoms with Gasteiger partial charge in [-0.1, -0.05) is 32.0 Å². The van der Waals surface area contributed by atoms with Crippen molar-refractivity contribution in [3.8, 4) is 5.75 Å². The van der Waals surface area contributed by atoms with Crippen LogP contribution in [0.5, 0.6) is 5.75 Å². The molecule has 0 amide bonds. The molecule has 0 aromatic heterocycles. The van der Waals surface area contributed by atoms with Crippen LogP contribution < -0.4 is 9.46 Å². The SMILES string of the molecule is CCOc1ccc(S(=O)(=O)Nc2ccccc2[C@@H](C)CC)cc1. The average molecular weight is 333 g/mol. The van der Waals surface area contributed by atoms with E-state index in [1.807, 2.05) is 25.1 Å². The maximum atomic E-state index is 12.6. The van der Waals surface area contributed by atoms with Crippen molar-refractivity contribution in [1.29, 1.82) is 0 Å². The van der Waals surface area contributed by atoms with Crippen LogP contribution in [0.2, 0.25) is 0 Å². The number of hydrogen-bond acceptors (Lipinski definition) is 3. The maximum absolute atomic E-state index is 12.6. The summed E-state index contributed by atoms with van der Waals surface area (Å²) in [6.07, 6.45) is 0.946. The molecule has 0 aliphatic carbocycles. The topological polar surface area (TPSA) is 55.4 Å². The molecule has 2 aromatic rings. The molecule has 4 nitrogen and oxygen atoms in total. The minimum absolute atomic E-state index is 0.222. The molecule has 1 N–H and O–H groups in total. The standard InChI is InChI=1S/C18H23NO3S/c1-4-14(3)17-8-6-7-9-18(17)19-23(20,21)16-12-10-15(11-13-16)22-5-2/h6-14,19H,4-5H2,1-3H3/t14-/m0/s1. The Morgan fingerprint density at radius 2 is 1.70 bits per heavy atom. The maximum Gasteiger partial charge on any atom is 0.261 e. The summed E-state index contributed by atoms with van der Waals surface area (Å²) in [5.41, 5.74) is 1.64. The van der Waals surface area contributed by atoms with Crippen LogP contribution in [0.1, 0.15) is 38.7 Å². The predicted molar refractivity (Wildman–Crippen MR) is 93.6 cm³/mol. The summed E-state index contributed by atoms with van der Waals surface area (Å²) < 4.78 is 33.2. The van der Waals surface area contributed by atoms with Gasteiger partial charge < -0.3 is 4.74 Å². The van der Waals surface area contributed by atoms with Crippen molar-refractivity contribution < 1.29 is 13.2 Å². The number of rotatable bonds is 7. The van der Waals surface area contributed by atoms with Gasteiger partial charge in [-0.3, -0.25) is 4.72 Å². The van der Waals surface area contributed by atoms with Gasteiger partial charge in [0.15, 0.2) is 0 Å². The summed E-state index contributed by atoms with van der Waals surface area (Å²) in [5, 5.41) is 0. The van der Waals surface area contributed by atoms with Gasteiger partial charge in [-0.25, -0.2) is 8.42 Å². The third-order valence-electron chi connectivity index (χ3n) is 3.79. The largest absolute Gasteiger partial charge is 0.494 e. The molecular weight excluding hydrogens is 310 g/mol. The lowest BCUT2D eigenvalue weighted by molar-refractivity contribution is 0.340. The van der Waals surface area contributed by atoms with E-state index in [0.717, 1.165) is 12.0 Å². The Morgan fingerprint density at radius 1 is 1.04 bits per heavy atom. The molecule has 0 bridgehead atoms. The van der Waals surface area contributed by atoms with Crippen LogP contribution in [0.4, 0.5) is 5.69 Å². The molecule has 0 radical (unpaired) electrons. The minimum Gasteiger partial charge on any atom is -0.494 e. The molecule has 1 atom stereocenters. The smallest absolute Gasteiger partial charge is 0.261 e. The lowest BCUT2D eigenvalue weighted by Crippen LogP contribution is -2.14. The quantitative estimate of drug-likeness (QED) is 0.817. The van der Waals surface area contributed by atoms with Gasteiger partial charge in [-0.05, 0) is 55.2 Å². The first-order chi connectivity index (χ1) is 11.0. The number of anilines is 1. The van der Waals surface area contributed by atoms with Crippen LogP contribution in [-0.4, -0.2) is 15.0 Å². The lowest BCUT2D eigenvalue weighted by Gasteiger charge is -2.16. The van der Waals surface area contributed by atoms with Gasteiger partial charge >= 0.3 is 0 Å². The Kier molecular flexibility index (Phi) is 5.66. The second-order valence-corrected chi connectivity index (χ2v) is 7.09. The van der Waals surface area contributed by atoms with Crippen molar-refractivity contribution in [2.24, 2.45) is 0 Å². The van der Waals surface area contributed by atoms with Gasteiger partial charge in [0.1, 0.15) is 5.75 Å². The Bertz CT molecular complexity index is 739. The number of hydrogen-bond donors (Lipinski definition) is 1. The Morgan fingerprint density at radius 3 is 2.30 bits per heavy atom. The van der Waals surface area contributed by atoms with E-state index < -0.39 is 10.0 Å². The molecule has 2 aromatic carbocycles. The van der Waals surface area contributed by atoms with Crippen LogP contribution in [-0.2, 0) is 10.0 Å². The van der Waals surface area contributed by atoms with Crippen LogP contribution in [0.25, 0.3) is 0 Å². The van der Waals surface area contributed by atoms with Crippen molar-refractivity contribution in [1.82, 2.24) is 0 Å². The summed E-state index contributed by atoms with van der Waals surface area (Å²) in [5.74, 6) is 0.945. The Labute approximate surface area is 138 Å². The molecule has 0 aliphatic heterocycles. The van der Waals surface area contributed by atoms with Crippen molar-refractivity contribution in [3.05, 3.63) is 54.1 Å². The van der Waals surface area contributed by atoms with Gasteiger partial charge in [-0.15, -0.1) is 0 Å². The third-order valence-corrected chi connectivity index (χ3v) is 5.17. The van der Waals surface area contributed by atoms with E-state index in [-0.39, 0.29) is 10.8 Å². The highest BCUT2D eigenvalue weighted by Crippen LogP contribution is 2.28. The predicted octanol–water partition coefficient (Wildman–Crippen LogP) is 4.40. The van der Waals surface area contributed by atoms with E-state index in [4.69, 9.17) is 4.74 Å². The van der Waals surface area contributed by atoms with E-state index in [1.165, 1.54) is 0 Å². The first-order valence-corrected chi connectivity index (χ1v) is 9.30. The van der Waals surface area contributed by atoms with Gasteiger partial charge in [-0.2, -0.15) is 0 Å². The molecule has 0 saturated carbocycles. The monoisotopic (exact) mass is 333 g/mol. The van der Waals surface area contributed by atoms with E-state index in [2.05, 4.69) is 18.6 Å². The highest BCUT2D eigenvalue weighted by Gasteiger charge is 2.17. The van der Waals surface area contributed by atoms with Gasteiger partial charge in [0.2, 0.25) is 0 Å². The molecule has 0 saturated heterocycles. The van der Waals surface area contributed by atoms with Crippen molar-refractivity contribution >= 4 is 15.7 Å². The fraction of sp³-hybridized carbons (Fsp3) is 0.333. The molecule has 0 spiro atoms. The second-order valence-electron chi connectivity index (χ2n) is 5.41. The number of benzene rings is 2. The van der Waals surface area contributed by atoms with Gasteiger partial charge in [0.05, 0.1) is 17.2 Å². The number of nitrogens with one attached hydrogen (secondary N) is 1. The molecule has 0 heterocycles. The summed E-state index contributed by atoms with van der Waals surface area (Å²) in [6.45, 7) is 6.61. The molecule has 0 fully saturated rings. The zero-order valence-corrected chi connectivity index (χ0v) is 14.6. The van der Waals surface area contributed by atoms with Gasteiger partial charge in [0.25, 0.3) is 10.0 Å². The van der Waals surface area contributed by atoms with E-state index >= 15 is 0 Å². The van der Waals surface area contributed by atoms with Crippen molar-refractivity contribution in [2.75, 3.05) is 11.3 Å². The number of ether oxygens (including phenoxy) is 1. The summed E-state index contributed by atoms with van der Waals surface area (Å²) >= 11 is 0. The number of sulfonamides is 1. The summed E-state index contributed by atoms with van der Waals surface area (Å²) in [4.78, 5) is 0.222. The van der Waals surface area contributed by atoms with E-state index in [9.17, 15) is 8.42 Å². The van der Waals surface area contributed by atoms with E-state index in [0.29, 0.717) is 18.0 Å². The van der Waals surface area contributed by atoms with Crippen molar-refractivity contribution in [3.63, 3.8) is 0 Å². The van der Waals surface area contributed by atoms with E-state index in [1.54, 1.807) is 30.3 Å². The fourth-order valence-corrected chi connectivity index (χ4v) is 3.41. The summed E-state index contributed by atoms with van der Waals surface area (Å²) in [7, 11) is -3.61. The van der Waals surface area contributed by atoms with Crippen LogP contribution in [0.3, 0.4) is 0 Å². The summed E-state index contributed by atoms with van der Waals surface area (Å²) in [6, 6.07) is 14.0.